The van der Waals surface area contributed by atoms with Crippen molar-refractivity contribution in [2.24, 2.45) is 11.8 Å². The van der Waals surface area contributed by atoms with Crippen LogP contribution in [0.15, 0.2) is 29.1 Å². The smallest absolute Gasteiger partial charge is 0.308 e. The number of hydrogen-bond acceptors (Lipinski definition) is 4. The van der Waals surface area contributed by atoms with Crippen molar-refractivity contribution < 1.29 is 5.11 Å². The van der Waals surface area contributed by atoms with Crippen LogP contribution < -0.4 is 4.87 Å². The van der Waals surface area contributed by atoms with Crippen LogP contribution in [0.3, 0.4) is 0 Å². The van der Waals surface area contributed by atoms with Gasteiger partial charge in [0, 0.05) is 25.6 Å². The normalized spacial score (nSPS) is 19.3. The first-order valence-corrected chi connectivity index (χ1v) is 10.4. The first kappa shape index (κ1) is 18.6. The van der Waals surface area contributed by atoms with Crippen LogP contribution in [0, 0.1) is 11.8 Å². The quantitative estimate of drug-likeness (QED) is 0.812. The Morgan fingerprint density at radius 2 is 2.00 bits per heavy atom. The lowest BCUT2D eigenvalue weighted by Crippen LogP contribution is -2.45. The van der Waals surface area contributed by atoms with Crippen LogP contribution in [0.4, 0.5) is 0 Å². The van der Waals surface area contributed by atoms with E-state index in [4.69, 9.17) is 0 Å². The number of likely N-dealkylation sites (tertiary alicyclic amines) is 1. The van der Waals surface area contributed by atoms with E-state index in [0.29, 0.717) is 6.54 Å². The number of nitrogens with zero attached hydrogens (tertiary/aromatic N) is 2. The van der Waals surface area contributed by atoms with Gasteiger partial charge >= 0.3 is 4.87 Å². The number of para-hydroxylation sites is 1. The lowest BCUT2D eigenvalue weighted by Gasteiger charge is -2.37. The monoisotopic (exact) mass is 362 g/mol. The standard InChI is InChI=1S/C20H30N2O2S/c1-3-4-7-16-10-12-21(13-11-16)19(23)15(2)14-22-17-8-5-6-9-18(17)25-20(22)24/h5-6,8-9,15-16,19,23H,3-4,7,10-14H2,1-2H3. The Balaban J connectivity index is 1.60. The molecule has 2 aromatic rings. The first-order valence-electron chi connectivity index (χ1n) is 9.60. The summed E-state index contributed by atoms with van der Waals surface area (Å²) in [5.74, 6) is 0.852. The molecular weight excluding hydrogens is 332 g/mol. The van der Waals surface area contributed by atoms with E-state index in [1.54, 1.807) is 0 Å². The zero-order valence-corrected chi connectivity index (χ0v) is 16.2. The zero-order chi connectivity index (χ0) is 17.8. The van der Waals surface area contributed by atoms with Crippen molar-refractivity contribution in [1.82, 2.24) is 9.47 Å². The molecule has 3 rings (SSSR count). The van der Waals surface area contributed by atoms with Crippen molar-refractivity contribution >= 4 is 21.6 Å². The molecule has 1 aromatic carbocycles. The minimum absolute atomic E-state index is 0.0305. The van der Waals surface area contributed by atoms with Gasteiger partial charge in [-0.1, -0.05) is 56.6 Å². The highest BCUT2D eigenvalue weighted by Gasteiger charge is 2.27. The first-order chi connectivity index (χ1) is 12.1. The highest BCUT2D eigenvalue weighted by molar-refractivity contribution is 7.16. The van der Waals surface area contributed by atoms with Crippen molar-refractivity contribution in [3.05, 3.63) is 33.9 Å². The topological polar surface area (TPSA) is 45.5 Å². The molecule has 0 spiro atoms. The maximum atomic E-state index is 12.3. The molecule has 25 heavy (non-hydrogen) atoms. The number of benzene rings is 1. The number of rotatable bonds is 7. The van der Waals surface area contributed by atoms with E-state index in [0.717, 1.165) is 29.2 Å². The Hall–Kier alpha value is -1.17. The number of aliphatic hydroxyl groups excluding tert-OH is 1. The van der Waals surface area contributed by atoms with Crippen LogP contribution in [-0.4, -0.2) is 33.9 Å². The van der Waals surface area contributed by atoms with Crippen LogP contribution in [0.5, 0.6) is 0 Å². The third kappa shape index (κ3) is 4.33. The number of thiazole rings is 1. The second-order valence-corrected chi connectivity index (χ2v) is 8.45. The van der Waals surface area contributed by atoms with E-state index in [9.17, 15) is 9.90 Å². The second-order valence-electron chi connectivity index (χ2n) is 7.46. The van der Waals surface area contributed by atoms with Crippen LogP contribution in [0.25, 0.3) is 10.2 Å². The molecule has 138 valence electrons. The SMILES string of the molecule is CCCCC1CCN(C(O)C(C)Cn2c(=O)sc3ccccc32)CC1. The molecule has 0 amide bonds. The largest absolute Gasteiger partial charge is 0.378 e. The molecule has 1 aliphatic heterocycles. The lowest BCUT2D eigenvalue weighted by atomic mass is 9.91. The van der Waals surface area contributed by atoms with Gasteiger partial charge in [0.05, 0.1) is 10.2 Å². The van der Waals surface area contributed by atoms with Gasteiger partial charge in [-0.2, -0.15) is 0 Å². The summed E-state index contributed by atoms with van der Waals surface area (Å²) in [6.07, 6.45) is 5.81. The summed E-state index contributed by atoms with van der Waals surface area (Å²) in [5, 5.41) is 10.8. The predicted octanol–water partition coefficient (Wildman–Crippen LogP) is 3.92. The van der Waals surface area contributed by atoms with Crippen LogP contribution in [0.2, 0.25) is 0 Å². The van der Waals surface area contributed by atoms with Crippen molar-refractivity contribution in [2.75, 3.05) is 13.1 Å². The van der Waals surface area contributed by atoms with E-state index in [-0.39, 0.29) is 10.8 Å². The fraction of sp³-hybridized carbons (Fsp3) is 0.650. The van der Waals surface area contributed by atoms with E-state index >= 15 is 0 Å². The average molecular weight is 363 g/mol. The Labute approximate surface area is 154 Å². The predicted molar refractivity (Wildman–Crippen MR) is 105 cm³/mol. The van der Waals surface area contributed by atoms with Crippen molar-refractivity contribution in [3.63, 3.8) is 0 Å². The molecular formula is C20H30N2O2S. The van der Waals surface area contributed by atoms with Gasteiger partial charge in [0.15, 0.2) is 0 Å². The van der Waals surface area contributed by atoms with Crippen molar-refractivity contribution in [1.29, 1.82) is 0 Å². The molecule has 1 aliphatic rings. The Kier molecular flexibility index (Phi) is 6.31. The molecule has 1 N–H and O–H groups in total. The summed E-state index contributed by atoms with van der Waals surface area (Å²) < 4.78 is 2.84. The maximum Gasteiger partial charge on any atom is 0.308 e. The fourth-order valence-electron chi connectivity index (χ4n) is 3.93. The maximum absolute atomic E-state index is 12.3. The van der Waals surface area contributed by atoms with Crippen molar-refractivity contribution in [2.45, 2.75) is 58.7 Å². The fourth-order valence-corrected chi connectivity index (χ4v) is 4.83. The molecule has 1 aromatic heterocycles. The van der Waals surface area contributed by atoms with Crippen molar-refractivity contribution in [3.8, 4) is 0 Å². The van der Waals surface area contributed by atoms with Gasteiger partial charge in [-0.25, -0.2) is 0 Å². The van der Waals surface area contributed by atoms with Gasteiger partial charge in [0.25, 0.3) is 0 Å². The van der Waals surface area contributed by atoms with Gasteiger partial charge < -0.3 is 5.11 Å². The van der Waals surface area contributed by atoms with Gasteiger partial charge in [-0.05, 0) is 30.9 Å². The van der Waals surface area contributed by atoms with E-state index in [1.165, 1.54) is 43.4 Å². The Bertz CT molecular complexity index is 731. The second kappa shape index (κ2) is 8.47. The van der Waals surface area contributed by atoms with E-state index in [2.05, 4.69) is 11.8 Å². The Morgan fingerprint density at radius 1 is 1.28 bits per heavy atom. The van der Waals surface area contributed by atoms with E-state index < -0.39 is 6.23 Å². The zero-order valence-electron chi connectivity index (χ0n) is 15.4. The molecule has 2 unspecified atom stereocenters. The molecule has 1 saturated heterocycles. The van der Waals surface area contributed by atoms with Gasteiger partial charge in [0.2, 0.25) is 0 Å². The molecule has 0 saturated carbocycles. The third-order valence-corrected chi connectivity index (χ3v) is 6.50. The summed E-state index contributed by atoms with van der Waals surface area (Å²) in [6, 6.07) is 7.91. The third-order valence-electron chi connectivity index (χ3n) is 5.54. The molecule has 0 aliphatic carbocycles. The Morgan fingerprint density at radius 3 is 2.72 bits per heavy atom. The molecule has 1 fully saturated rings. The minimum atomic E-state index is -0.474. The number of aliphatic hydroxyl groups is 1. The minimum Gasteiger partial charge on any atom is -0.378 e. The highest BCUT2D eigenvalue weighted by atomic mass is 32.1. The van der Waals surface area contributed by atoms with Gasteiger partial charge in [-0.15, -0.1) is 0 Å². The summed E-state index contributed by atoms with van der Waals surface area (Å²) >= 11 is 1.29. The lowest BCUT2D eigenvalue weighted by molar-refractivity contribution is -0.0553. The molecule has 0 bridgehead atoms. The number of fused-ring (bicyclic) bond motifs is 1. The average Bonchev–Trinajstić information content (AvgIpc) is 2.95. The molecule has 2 heterocycles. The number of hydrogen-bond donors (Lipinski definition) is 1. The van der Waals surface area contributed by atoms with Gasteiger partial charge in [0.1, 0.15) is 6.23 Å². The van der Waals surface area contributed by atoms with Crippen LogP contribution >= 0.6 is 11.3 Å². The summed E-state index contributed by atoms with van der Waals surface area (Å²) in [5.41, 5.74) is 0.981. The van der Waals surface area contributed by atoms with E-state index in [1.807, 2.05) is 35.8 Å². The highest BCUT2D eigenvalue weighted by Crippen LogP contribution is 2.26. The number of aromatic nitrogens is 1. The molecule has 2 atom stereocenters. The summed E-state index contributed by atoms with van der Waals surface area (Å²) in [6.45, 7) is 6.81. The van der Waals surface area contributed by atoms with Gasteiger partial charge in [-0.3, -0.25) is 14.3 Å². The number of unbranched alkanes of at least 4 members (excludes halogenated alkanes) is 1. The summed E-state index contributed by atoms with van der Waals surface area (Å²) in [4.78, 5) is 14.6. The molecule has 4 nitrogen and oxygen atoms in total. The van der Waals surface area contributed by atoms with Crippen LogP contribution in [-0.2, 0) is 6.54 Å². The van der Waals surface area contributed by atoms with Crippen LogP contribution in [0.1, 0.15) is 46.0 Å². The molecule has 5 heteroatoms. The molecule has 0 radical (unpaired) electrons. The summed E-state index contributed by atoms with van der Waals surface area (Å²) in [7, 11) is 0. The number of piperidine rings is 1.